The molecule has 1 fully saturated rings. The molecule has 2 rings (SSSR count). The Hall–Kier alpha value is -1.07. The molecule has 1 aromatic carbocycles. The van der Waals surface area contributed by atoms with Crippen molar-refractivity contribution in [2.45, 2.75) is 37.8 Å². The minimum absolute atomic E-state index is 0.127. The molecule has 0 amide bonds. The van der Waals surface area contributed by atoms with Crippen LogP contribution in [0, 0.1) is 17.5 Å². The Balaban J connectivity index is 2.42. The number of ether oxygens (including phenoxy) is 1. The molecule has 1 aliphatic rings. The Morgan fingerprint density at radius 3 is 2.42 bits per heavy atom. The Morgan fingerprint density at radius 1 is 1.26 bits per heavy atom. The lowest BCUT2D eigenvalue weighted by Crippen LogP contribution is -2.51. The van der Waals surface area contributed by atoms with Gasteiger partial charge in [-0.1, -0.05) is 13.0 Å². The van der Waals surface area contributed by atoms with E-state index in [-0.39, 0.29) is 5.56 Å². The zero-order valence-electron chi connectivity index (χ0n) is 11.1. The summed E-state index contributed by atoms with van der Waals surface area (Å²) in [6.07, 6.45) is 2.54. The summed E-state index contributed by atoms with van der Waals surface area (Å²) in [5.41, 5.74) is -0.400. The van der Waals surface area contributed by atoms with Crippen LogP contribution in [0.3, 0.4) is 0 Å². The topological polar surface area (TPSA) is 21.3 Å². The van der Waals surface area contributed by atoms with E-state index in [0.29, 0.717) is 6.54 Å². The molecule has 0 aliphatic heterocycles. The number of nitrogens with one attached hydrogen (secondary N) is 1. The Kier molecular flexibility index (Phi) is 4.16. The third-order valence-corrected chi connectivity index (χ3v) is 3.92. The lowest BCUT2D eigenvalue weighted by atomic mass is 9.72. The maximum absolute atomic E-state index is 14.0. The maximum Gasteiger partial charge on any atom is 0.194 e. The molecule has 0 heterocycles. The number of likely N-dealkylation sites (N-methyl/N-ethyl adjacent to an activating group) is 1. The first-order valence-corrected chi connectivity index (χ1v) is 6.47. The number of halogens is 3. The minimum Gasteiger partial charge on any atom is -0.376 e. The van der Waals surface area contributed by atoms with Gasteiger partial charge in [0.05, 0.1) is 11.6 Å². The fourth-order valence-electron chi connectivity index (χ4n) is 2.68. The van der Waals surface area contributed by atoms with E-state index in [0.717, 1.165) is 25.3 Å². The summed E-state index contributed by atoms with van der Waals surface area (Å²) in [5, 5.41) is 3.13. The van der Waals surface area contributed by atoms with Crippen LogP contribution in [0.5, 0.6) is 0 Å². The summed E-state index contributed by atoms with van der Waals surface area (Å²) < 4.78 is 45.9. The highest BCUT2D eigenvalue weighted by Gasteiger charge is 2.46. The summed E-state index contributed by atoms with van der Waals surface area (Å²) in [7, 11) is 1.57. The first-order chi connectivity index (χ1) is 9.05. The van der Waals surface area contributed by atoms with E-state index >= 15 is 0 Å². The highest BCUT2D eigenvalue weighted by atomic mass is 19.2. The average molecular weight is 273 g/mol. The third-order valence-electron chi connectivity index (χ3n) is 3.92. The summed E-state index contributed by atoms with van der Waals surface area (Å²) in [6, 6.07) is 1.78. The number of benzene rings is 1. The second-order valence-corrected chi connectivity index (χ2v) is 4.88. The summed E-state index contributed by atoms with van der Waals surface area (Å²) >= 11 is 0. The van der Waals surface area contributed by atoms with E-state index in [1.807, 2.05) is 6.92 Å². The molecule has 1 atom stereocenters. The van der Waals surface area contributed by atoms with Crippen LogP contribution in [0.4, 0.5) is 13.2 Å². The lowest BCUT2D eigenvalue weighted by Gasteiger charge is -2.47. The zero-order valence-corrected chi connectivity index (χ0v) is 11.1. The molecular formula is C14H18F3NO. The molecule has 0 bridgehead atoms. The molecule has 2 nitrogen and oxygen atoms in total. The van der Waals surface area contributed by atoms with Gasteiger partial charge in [0.25, 0.3) is 0 Å². The number of rotatable bonds is 5. The van der Waals surface area contributed by atoms with Crippen LogP contribution in [0.25, 0.3) is 0 Å². The molecule has 106 valence electrons. The van der Waals surface area contributed by atoms with E-state index in [2.05, 4.69) is 5.32 Å². The van der Waals surface area contributed by atoms with Crippen molar-refractivity contribution in [2.24, 2.45) is 0 Å². The lowest BCUT2D eigenvalue weighted by molar-refractivity contribution is -0.100. The van der Waals surface area contributed by atoms with Gasteiger partial charge in [-0.05, 0) is 31.9 Å². The Bertz CT molecular complexity index is 455. The normalized spacial score (nSPS) is 19.0. The molecule has 19 heavy (non-hydrogen) atoms. The van der Waals surface area contributed by atoms with E-state index in [4.69, 9.17) is 4.74 Å². The molecule has 1 aromatic rings. The van der Waals surface area contributed by atoms with Crippen LogP contribution in [-0.4, -0.2) is 19.3 Å². The number of hydrogen-bond donors (Lipinski definition) is 1. The molecule has 1 unspecified atom stereocenters. The van der Waals surface area contributed by atoms with E-state index in [1.165, 1.54) is 6.07 Å². The van der Waals surface area contributed by atoms with Crippen molar-refractivity contribution >= 4 is 0 Å². The van der Waals surface area contributed by atoms with E-state index in [9.17, 15) is 13.2 Å². The van der Waals surface area contributed by atoms with Crippen molar-refractivity contribution in [3.8, 4) is 0 Å². The van der Waals surface area contributed by atoms with Gasteiger partial charge in [-0.15, -0.1) is 0 Å². The highest BCUT2D eigenvalue weighted by molar-refractivity contribution is 5.27. The van der Waals surface area contributed by atoms with E-state index < -0.39 is 29.1 Å². The standard InChI is InChI=1S/C14H18F3NO/c1-3-18-13(14(19-2)7-4-8-14)9-5-6-10(15)12(17)11(9)16/h5-6,13,18H,3-4,7-8H2,1-2H3. The first-order valence-electron chi connectivity index (χ1n) is 6.47. The van der Waals surface area contributed by atoms with Crippen LogP contribution in [0.15, 0.2) is 12.1 Å². The van der Waals surface area contributed by atoms with Gasteiger partial charge in [-0.2, -0.15) is 0 Å². The number of methoxy groups -OCH3 is 1. The predicted molar refractivity (Wildman–Crippen MR) is 66.3 cm³/mol. The molecule has 1 saturated carbocycles. The second kappa shape index (κ2) is 5.51. The van der Waals surface area contributed by atoms with Crippen molar-refractivity contribution < 1.29 is 17.9 Å². The van der Waals surface area contributed by atoms with Crippen LogP contribution < -0.4 is 5.32 Å². The number of hydrogen-bond acceptors (Lipinski definition) is 2. The molecule has 0 saturated heterocycles. The van der Waals surface area contributed by atoms with Gasteiger partial charge in [0, 0.05) is 12.7 Å². The van der Waals surface area contributed by atoms with Gasteiger partial charge in [0.15, 0.2) is 17.5 Å². The van der Waals surface area contributed by atoms with Crippen LogP contribution in [-0.2, 0) is 4.74 Å². The van der Waals surface area contributed by atoms with Gasteiger partial charge >= 0.3 is 0 Å². The fourth-order valence-corrected chi connectivity index (χ4v) is 2.68. The monoisotopic (exact) mass is 273 g/mol. The average Bonchev–Trinajstić information content (AvgIpc) is 2.35. The van der Waals surface area contributed by atoms with Crippen LogP contribution in [0.2, 0.25) is 0 Å². The Morgan fingerprint density at radius 2 is 1.95 bits per heavy atom. The van der Waals surface area contributed by atoms with Gasteiger partial charge < -0.3 is 10.1 Å². The van der Waals surface area contributed by atoms with Crippen molar-refractivity contribution in [3.63, 3.8) is 0 Å². The van der Waals surface area contributed by atoms with E-state index in [1.54, 1.807) is 7.11 Å². The van der Waals surface area contributed by atoms with Crippen molar-refractivity contribution in [1.29, 1.82) is 0 Å². The van der Waals surface area contributed by atoms with Crippen molar-refractivity contribution in [2.75, 3.05) is 13.7 Å². The largest absolute Gasteiger partial charge is 0.376 e. The molecule has 1 aliphatic carbocycles. The molecule has 5 heteroatoms. The maximum atomic E-state index is 14.0. The van der Waals surface area contributed by atoms with Gasteiger partial charge in [0.1, 0.15) is 0 Å². The summed E-state index contributed by atoms with van der Waals surface area (Å²) in [6.45, 7) is 2.47. The molecule has 0 spiro atoms. The minimum atomic E-state index is -1.43. The van der Waals surface area contributed by atoms with Crippen molar-refractivity contribution in [1.82, 2.24) is 5.32 Å². The zero-order chi connectivity index (χ0) is 14.0. The van der Waals surface area contributed by atoms with Crippen molar-refractivity contribution in [3.05, 3.63) is 35.1 Å². The fraction of sp³-hybridized carbons (Fsp3) is 0.571. The highest BCUT2D eigenvalue weighted by Crippen LogP contribution is 2.45. The quantitative estimate of drug-likeness (QED) is 0.831. The van der Waals surface area contributed by atoms with Gasteiger partial charge in [-0.25, -0.2) is 13.2 Å². The second-order valence-electron chi connectivity index (χ2n) is 4.88. The molecule has 1 N–H and O–H groups in total. The predicted octanol–water partition coefficient (Wildman–Crippen LogP) is 3.32. The molecule has 0 radical (unpaired) electrons. The van der Waals surface area contributed by atoms with Gasteiger partial charge in [-0.3, -0.25) is 0 Å². The Labute approximate surface area is 111 Å². The SMILES string of the molecule is CCNC(c1ccc(F)c(F)c1F)C1(OC)CCC1. The van der Waals surface area contributed by atoms with Crippen LogP contribution >= 0.6 is 0 Å². The van der Waals surface area contributed by atoms with Crippen LogP contribution in [0.1, 0.15) is 37.8 Å². The van der Waals surface area contributed by atoms with Gasteiger partial charge in [0.2, 0.25) is 0 Å². The smallest absolute Gasteiger partial charge is 0.194 e. The first kappa shape index (κ1) is 14.3. The third kappa shape index (κ3) is 2.37. The molecule has 0 aromatic heterocycles. The summed E-state index contributed by atoms with van der Waals surface area (Å²) in [4.78, 5) is 0. The summed E-state index contributed by atoms with van der Waals surface area (Å²) in [5.74, 6) is -3.73. The molecular weight excluding hydrogens is 255 g/mol.